The largest absolute Gasteiger partial charge is 0.323 e. The highest BCUT2D eigenvalue weighted by atomic mass is 15.1. The maximum Gasteiger partial charge on any atom is 0.0994 e. The van der Waals surface area contributed by atoms with Gasteiger partial charge in [-0.3, -0.25) is 0 Å². The van der Waals surface area contributed by atoms with Crippen molar-refractivity contribution in [1.82, 2.24) is 9.55 Å². The SMILES string of the molecule is Cc1cccc(-n2cncc2C(N)CC(C)C)c1C. The molecule has 19 heavy (non-hydrogen) atoms. The van der Waals surface area contributed by atoms with Gasteiger partial charge in [0.1, 0.15) is 0 Å². The Labute approximate surface area is 115 Å². The molecule has 1 unspecified atom stereocenters. The van der Waals surface area contributed by atoms with Gasteiger partial charge in [0.25, 0.3) is 0 Å². The van der Waals surface area contributed by atoms with E-state index in [0.717, 1.165) is 12.1 Å². The lowest BCUT2D eigenvalue weighted by Gasteiger charge is -2.18. The summed E-state index contributed by atoms with van der Waals surface area (Å²) < 4.78 is 2.12. The summed E-state index contributed by atoms with van der Waals surface area (Å²) in [5, 5.41) is 0. The van der Waals surface area contributed by atoms with Crippen LogP contribution in [0.3, 0.4) is 0 Å². The van der Waals surface area contributed by atoms with E-state index in [2.05, 4.69) is 55.4 Å². The van der Waals surface area contributed by atoms with Crippen LogP contribution < -0.4 is 5.73 Å². The molecule has 0 spiro atoms. The summed E-state index contributed by atoms with van der Waals surface area (Å²) in [5.74, 6) is 0.581. The minimum atomic E-state index is 0.0300. The third-order valence-electron chi connectivity index (χ3n) is 3.61. The van der Waals surface area contributed by atoms with E-state index in [1.807, 2.05) is 12.5 Å². The Morgan fingerprint density at radius 1 is 1.26 bits per heavy atom. The molecule has 102 valence electrons. The molecule has 3 heteroatoms. The first-order valence-electron chi connectivity index (χ1n) is 6.85. The Morgan fingerprint density at radius 3 is 2.68 bits per heavy atom. The molecule has 3 nitrogen and oxygen atoms in total. The topological polar surface area (TPSA) is 43.8 Å². The van der Waals surface area contributed by atoms with E-state index < -0.39 is 0 Å². The van der Waals surface area contributed by atoms with Crippen LogP contribution in [-0.4, -0.2) is 9.55 Å². The molecule has 0 aliphatic heterocycles. The summed E-state index contributed by atoms with van der Waals surface area (Å²) in [6.07, 6.45) is 4.71. The van der Waals surface area contributed by atoms with Crippen LogP contribution in [0.5, 0.6) is 0 Å². The van der Waals surface area contributed by atoms with Gasteiger partial charge in [0.15, 0.2) is 0 Å². The molecule has 1 aromatic carbocycles. The fourth-order valence-electron chi connectivity index (χ4n) is 2.41. The van der Waals surface area contributed by atoms with Crippen molar-refractivity contribution in [2.75, 3.05) is 0 Å². The maximum absolute atomic E-state index is 6.31. The van der Waals surface area contributed by atoms with Crippen molar-refractivity contribution in [3.63, 3.8) is 0 Å². The zero-order valence-corrected chi connectivity index (χ0v) is 12.2. The smallest absolute Gasteiger partial charge is 0.0994 e. The number of aromatic nitrogens is 2. The van der Waals surface area contributed by atoms with E-state index in [1.54, 1.807) is 0 Å². The van der Waals surface area contributed by atoms with Crippen LogP contribution in [0, 0.1) is 19.8 Å². The molecule has 0 saturated carbocycles. The van der Waals surface area contributed by atoms with Crippen molar-refractivity contribution in [1.29, 1.82) is 0 Å². The molecule has 0 fully saturated rings. The van der Waals surface area contributed by atoms with Crippen molar-refractivity contribution < 1.29 is 0 Å². The van der Waals surface area contributed by atoms with Gasteiger partial charge in [0.2, 0.25) is 0 Å². The molecule has 2 rings (SSSR count). The number of aryl methyl sites for hydroxylation is 1. The second-order valence-corrected chi connectivity index (χ2v) is 5.64. The fraction of sp³-hybridized carbons (Fsp3) is 0.438. The molecule has 0 aliphatic rings. The van der Waals surface area contributed by atoms with Crippen molar-refractivity contribution in [3.05, 3.63) is 47.5 Å². The van der Waals surface area contributed by atoms with Gasteiger partial charge >= 0.3 is 0 Å². The quantitative estimate of drug-likeness (QED) is 0.910. The first-order chi connectivity index (χ1) is 9.00. The van der Waals surface area contributed by atoms with Gasteiger partial charge in [-0.05, 0) is 43.4 Å². The normalized spacial score (nSPS) is 12.9. The molecular weight excluding hydrogens is 234 g/mol. The van der Waals surface area contributed by atoms with Crippen LogP contribution in [-0.2, 0) is 0 Å². The van der Waals surface area contributed by atoms with Gasteiger partial charge in [-0.25, -0.2) is 4.98 Å². The lowest BCUT2D eigenvalue weighted by atomic mass is 10.0. The third kappa shape index (κ3) is 2.87. The van der Waals surface area contributed by atoms with Crippen LogP contribution in [0.1, 0.15) is 43.1 Å². The predicted octanol–water partition coefficient (Wildman–Crippen LogP) is 3.54. The molecule has 1 aromatic heterocycles. The molecule has 2 aromatic rings. The number of nitrogens with two attached hydrogens (primary N) is 1. The molecule has 2 N–H and O–H groups in total. The molecule has 1 atom stereocenters. The van der Waals surface area contributed by atoms with Gasteiger partial charge in [-0.15, -0.1) is 0 Å². The lowest BCUT2D eigenvalue weighted by molar-refractivity contribution is 0.498. The molecule has 1 heterocycles. The fourth-order valence-corrected chi connectivity index (χ4v) is 2.41. The number of nitrogens with zero attached hydrogens (tertiary/aromatic N) is 2. The van der Waals surface area contributed by atoms with E-state index >= 15 is 0 Å². The highest BCUT2D eigenvalue weighted by Gasteiger charge is 2.15. The number of hydrogen-bond acceptors (Lipinski definition) is 2. The van der Waals surface area contributed by atoms with Gasteiger partial charge in [0, 0.05) is 11.7 Å². The highest BCUT2D eigenvalue weighted by molar-refractivity contribution is 5.45. The number of imidazole rings is 1. The maximum atomic E-state index is 6.31. The Morgan fingerprint density at radius 2 is 2.00 bits per heavy atom. The minimum absolute atomic E-state index is 0.0300. The first kappa shape index (κ1) is 13.8. The Kier molecular flexibility index (Phi) is 4.05. The van der Waals surface area contributed by atoms with Gasteiger partial charge in [0.05, 0.1) is 18.2 Å². The molecule has 0 saturated heterocycles. The summed E-state index contributed by atoms with van der Waals surface area (Å²) in [6, 6.07) is 6.36. The van der Waals surface area contributed by atoms with E-state index in [-0.39, 0.29) is 6.04 Å². The summed E-state index contributed by atoms with van der Waals surface area (Å²) in [5.41, 5.74) is 11.1. The predicted molar refractivity (Wildman–Crippen MR) is 79.4 cm³/mol. The van der Waals surface area contributed by atoms with Crippen LogP contribution in [0.15, 0.2) is 30.7 Å². The summed E-state index contributed by atoms with van der Waals surface area (Å²) in [7, 11) is 0. The number of benzene rings is 1. The van der Waals surface area contributed by atoms with Gasteiger partial charge in [-0.1, -0.05) is 26.0 Å². The zero-order chi connectivity index (χ0) is 14.0. The van der Waals surface area contributed by atoms with Crippen molar-refractivity contribution in [2.45, 2.75) is 40.2 Å². The molecular formula is C16H23N3. The number of rotatable bonds is 4. The first-order valence-corrected chi connectivity index (χ1v) is 6.85. The second kappa shape index (κ2) is 5.57. The Balaban J connectivity index is 2.41. The van der Waals surface area contributed by atoms with Crippen molar-refractivity contribution in [2.24, 2.45) is 11.7 Å². The summed E-state index contributed by atoms with van der Waals surface area (Å²) in [4.78, 5) is 4.28. The van der Waals surface area contributed by atoms with E-state index in [1.165, 1.54) is 16.8 Å². The minimum Gasteiger partial charge on any atom is -0.323 e. The lowest BCUT2D eigenvalue weighted by Crippen LogP contribution is -2.17. The monoisotopic (exact) mass is 257 g/mol. The summed E-state index contributed by atoms with van der Waals surface area (Å²) in [6.45, 7) is 8.66. The third-order valence-corrected chi connectivity index (χ3v) is 3.61. The number of hydrogen-bond donors (Lipinski definition) is 1. The van der Waals surface area contributed by atoms with E-state index in [0.29, 0.717) is 5.92 Å². The molecule has 0 aliphatic carbocycles. The van der Waals surface area contributed by atoms with Gasteiger partial charge in [-0.2, -0.15) is 0 Å². The Bertz CT molecular complexity index is 555. The van der Waals surface area contributed by atoms with Gasteiger partial charge < -0.3 is 10.3 Å². The average Bonchev–Trinajstić information content (AvgIpc) is 2.80. The van der Waals surface area contributed by atoms with Crippen LogP contribution in [0.4, 0.5) is 0 Å². The Hall–Kier alpha value is -1.61. The van der Waals surface area contributed by atoms with Crippen LogP contribution >= 0.6 is 0 Å². The van der Waals surface area contributed by atoms with Crippen LogP contribution in [0.25, 0.3) is 5.69 Å². The zero-order valence-electron chi connectivity index (χ0n) is 12.2. The van der Waals surface area contributed by atoms with Crippen LogP contribution in [0.2, 0.25) is 0 Å². The molecule has 0 bridgehead atoms. The van der Waals surface area contributed by atoms with E-state index in [4.69, 9.17) is 5.73 Å². The van der Waals surface area contributed by atoms with Crippen molar-refractivity contribution >= 4 is 0 Å². The standard InChI is InChI=1S/C16H23N3/c1-11(2)8-14(17)16-9-18-10-19(16)15-7-5-6-12(3)13(15)4/h5-7,9-11,14H,8,17H2,1-4H3. The molecule has 0 radical (unpaired) electrons. The second-order valence-electron chi connectivity index (χ2n) is 5.64. The van der Waals surface area contributed by atoms with E-state index in [9.17, 15) is 0 Å². The molecule has 0 amide bonds. The average molecular weight is 257 g/mol. The van der Waals surface area contributed by atoms with Crippen molar-refractivity contribution in [3.8, 4) is 5.69 Å². The summed E-state index contributed by atoms with van der Waals surface area (Å²) >= 11 is 0. The highest BCUT2D eigenvalue weighted by Crippen LogP contribution is 2.24.